The zero-order chi connectivity index (χ0) is 21.3. The molecule has 5 nitrogen and oxygen atoms in total. The lowest BCUT2D eigenvalue weighted by atomic mass is 10.0. The van der Waals surface area contributed by atoms with Gasteiger partial charge in [0.15, 0.2) is 11.6 Å². The van der Waals surface area contributed by atoms with E-state index in [2.05, 4.69) is 10.2 Å². The predicted molar refractivity (Wildman–Crippen MR) is 118 cm³/mol. The van der Waals surface area contributed by atoms with Crippen LogP contribution in [0.4, 0.5) is 4.39 Å². The number of piperidine rings is 1. The third kappa shape index (κ3) is 6.64. The Morgan fingerprint density at radius 3 is 2.57 bits per heavy atom. The summed E-state index contributed by atoms with van der Waals surface area (Å²) in [6.45, 7) is 5.06. The summed E-state index contributed by atoms with van der Waals surface area (Å²) in [6.07, 6.45) is 1.80. The Balaban J connectivity index is 1.37. The summed E-state index contributed by atoms with van der Waals surface area (Å²) in [5, 5.41) is 3.14. The van der Waals surface area contributed by atoms with Crippen molar-refractivity contribution < 1.29 is 18.7 Å². The predicted octanol–water partition coefficient (Wildman–Crippen LogP) is 4.11. The Bertz CT molecular complexity index is 824. The highest BCUT2D eigenvalue weighted by molar-refractivity contribution is 8.00. The van der Waals surface area contributed by atoms with Crippen molar-refractivity contribution in [3.63, 3.8) is 0 Å². The summed E-state index contributed by atoms with van der Waals surface area (Å²) in [6, 6.07) is 13.1. The van der Waals surface area contributed by atoms with Gasteiger partial charge < -0.3 is 14.8 Å². The summed E-state index contributed by atoms with van der Waals surface area (Å²) in [5.74, 6) is 1.24. The Morgan fingerprint density at radius 2 is 1.93 bits per heavy atom. The molecule has 1 aliphatic heterocycles. The van der Waals surface area contributed by atoms with Crippen molar-refractivity contribution in [2.45, 2.75) is 37.2 Å². The second-order valence-electron chi connectivity index (χ2n) is 7.28. The van der Waals surface area contributed by atoms with E-state index in [1.54, 1.807) is 6.07 Å². The van der Waals surface area contributed by atoms with E-state index in [1.165, 1.54) is 24.9 Å². The number of amides is 1. The van der Waals surface area contributed by atoms with Crippen LogP contribution in [0.15, 0.2) is 47.4 Å². The molecule has 0 atom stereocenters. The number of likely N-dealkylation sites (tertiary alicyclic amines) is 1. The molecule has 0 aromatic heterocycles. The van der Waals surface area contributed by atoms with E-state index < -0.39 is 0 Å². The van der Waals surface area contributed by atoms with Crippen molar-refractivity contribution in [3.05, 3.63) is 53.8 Å². The molecule has 1 fully saturated rings. The van der Waals surface area contributed by atoms with Gasteiger partial charge in [0.25, 0.3) is 0 Å². The lowest BCUT2D eigenvalue weighted by Crippen LogP contribution is -2.44. The van der Waals surface area contributed by atoms with Crippen molar-refractivity contribution in [1.82, 2.24) is 10.2 Å². The number of halogens is 1. The molecule has 0 spiro atoms. The first-order valence-corrected chi connectivity index (χ1v) is 11.3. The third-order valence-electron chi connectivity index (χ3n) is 5.08. The second-order valence-corrected chi connectivity index (χ2v) is 8.33. The van der Waals surface area contributed by atoms with Gasteiger partial charge in [-0.3, -0.25) is 9.69 Å². The number of benzene rings is 2. The fraction of sp³-hybridized carbons (Fsp3) is 0.435. The van der Waals surface area contributed by atoms with E-state index in [-0.39, 0.29) is 23.5 Å². The van der Waals surface area contributed by atoms with Crippen molar-refractivity contribution in [1.29, 1.82) is 0 Å². The summed E-state index contributed by atoms with van der Waals surface area (Å²) >= 11 is 1.53. The Morgan fingerprint density at radius 1 is 1.20 bits per heavy atom. The minimum Gasteiger partial charge on any atom is -0.494 e. The molecule has 0 aliphatic carbocycles. The van der Waals surface area contributed by atoms with Crippen molar-refractivity contribution in [3.8, 4) is 11.5 Å². The van der Waals surface area contributed by atoms with Crippen LogP contribution >= 0.6 is 11.8 Å². The molecule has 0 saturated carbocycles. The number of hydrogen-bond donors (Lipinski definition) is 1. The maximum Gasteiger partial charge on any atom is 0.230 e. The monoisotopic (exact) mass is 432 g/mol. The van der Waals surface area contributed by atoms with E-state index in [1.807, 2.05) is 37.3 Å². The number of rotatable bonds is 9. The Labute approximate surface area is 181 Å². The maximum atomic E-state index is 13.9. The fourth-order valence-electron chi connectivity index (χ4n) is 3.52. The van der Waals surface area contributed by atoms with E-state index >= 15 is 0 Å². The summed E-state index contributed by atoms with van der Waals surface area (Å²) in [7, 11) is 1.47. The average Bonchev–Trinajstić information content (AvgIpc) is 2.75. The molecule has 2 aromatic carbocycles. The minimum absolute atomic E-state index is 0.0598. The lowest BCUT2D eigenvalue weighted by Gasteiger charge is -2.32. The van der Waals surface area contributed by atoms with Crippen LogP contribution in [0.1, 0.15) is 25.3 Å². The molecular weight excluding hydrogens is 403 g/mol. The molecule has 0 unspecified atom stereocenters. The van der Waals surface area contributed by atoms with Gasteiger partial charge in [-0.2, -0.15) is 0 Å². The van der Waals surface area contributed by atoms with Gasteiger partial charge in [-0.1, -0.05) is 6.07 Å². The number of hydrogen-bond acceptors (Lipinski definition) is 5. The molecule has 1 N–H and O–H groups in total. The zero-order valence-corrected chi connectivity index (χ0v) is 18.3. The Kier molecular flexibility index (Phi) is 8.39. The molecule has 162 valence electrons. The highest BCUT2D eigenvalue weighted by atomic mass is 32.2. The molecule has 1 amide bonds. The molecule has 0 bridgehead atoms. The first kappa shape index (κ1) is 22.4. The first-order valence-electron chi connectivity index (χ1n) is 10.3. The molecule has 7 heteroatoms. The van der Waals surface area contributed by atoms with Crippen LogP contribution in [-0.4, -0.2) is 49.4 Å². The van der Waals surface area contributed by atoms with Gasteiger partial charge in [0.2, 0.25) is 5.91 Å². The van der Waals surface area contributed by atoms with Gasteiger partial charge in [-0.25, -0.2) is 4.39 Å². The van der Waals surface area contributed by atoms with Crippen LogP contribution < -0.4 is 14.8 Å². The van der Waals surface area contributed by atoms with Crippen LogP contribution in [0.5, 0.6) is 11.5 Å². The largest absolute Gasteiger partial charge is 0.494 e. The average molecular weight is 433 g/mol. The fourth-order valence-corrected chi connectivity index (χ4v) is 4.23. The number of carbonyl (C=O) groups is 1. The number of nitrogens with one attached hydrogen (secondary N) is 1. The topological polar surface area (TPSA) is 50.8 Å². The number of ether oxygens (including phenoxy) is 2. The van der Waals surface area contributed by atoms with Gasteiger partial charge in [-0.05, 0) is 61.7 Å². The van der Waals surface area contributed by atoms with Crippen LogP contribution in [0, 0.1) is 5.82 Å². The molecule has 2 aromatic rings. The number of nitrogens with zero attached hydrogens (tertiary/aromatic N) is 1. The van der Waals surface area contributed by atoms with Crippen molar-refractivity contribution >= 4 is 17.7 Å². The van der Waals surface area contributed by atoms with Gasteiger partial charge in [0.05, 0.1) is 19.5 Å². The summed E-state index contributed by atoms with van der Waals surface area (Å²) in [4.78, 5) is 15.6. The van der Waals surface area contributed by atoms with Crippen LogP contribution in [0.25, 0.3) is 0 Å². The molecular formula is C23H29FN2O3S. The molecule has 3 rings (SSSR count). The summed E-state index contributed by atoms with van der Waals surface area (Å²) in [5.41, 5.74) is 0.933. The SMILES string of the molecule is CCOc1ccc(SCC(=O)NC2CCN(Cc3ccc(OC)c(F)c3)CC2)cc1. The Hall–Kier alpha value is -2.25. The molecule has 1 aliphatic rings. The van der Waals surface area contributed by atoms with E-state index in [0.717, 1.165) is 42.1 Å². The van der Waals surface area contributed by atoms with E-state index in [9.17, 15) is 9.18 Å². The normalized spacial score (nSPS) is 15.0. The minimum atomic E-state index is -0.331. The highest BCUT2D eigenvalue weighted by Crippen LogP contribution is 2.22. The number of carbonyl (C=O) groups excluding carboxylic acids is 1. The van der Waals surface area contributed by atoms with Crippen LogP contribution in [0.2, 0.25) is 0 Å². The smallest absolute Gasteiger partial charge is 0.230 e. The summed E-state index contributed by atoms with van der Waals surface area (Å²) < 4.78 is 24.3. The molecule has 1 saturated heterocycles. The number of thioether (sulfide) groups is 1. The van der Waals surface area contributed by atoms with Gasteiger partial charge in [0.1, 0.15) is 5.75 Å². The first-order chi connectivity index (χ1) is 14.6. The van der Waals surface area contributed by atoms with Gasteiger partial charge >= 0.3 is 0 Å². The van der Waals surface area contributed by atoms with E-state index in [0.29, 0.717) is 18.9 Å². The van der Waals surface area contributed by atoms with Gasteiger partial charge in [0, 0.05) is 30.6 Å². The zero-order valence-electron chi connectivity index (χ0n) is 17.5. The number of methoxy groups -OCH3 is 1. The maximum absolute atomic E-state index is 13.9. The third-order valence-corrected chi connectivity index (χ3v) is 6.09. The van der Waals surface area contributed by atoms with Crippen LogP contribution in [0.3, 0.4) is 0 Å². The standard InChI is InChI=1S/C23H29FN2O3S/c1-3-29-19-5-7-20(8-6-19)30-16-23(27)25-18-10-12-26(13-11-18)15-17-4-9-22(28-2)21(24)14-17/h4-9,14,18H,3,10-13,15-16H2,1-2H3,(H,25,27). The van der Waals surface area contributed by atoms with Crippen molar-refractivity contribution in [2.24, 2.45) is 0 Å². The second kappa shape index (κ2) is 11.2. The quantitative estimate of drug-likeness (QED) is 0.605. The lowest BCUT2D eigenvalue weighted by molar-refractivity contribution is -0.119. The molecule has 1 heterocycles. The molecule has 30 heavy (non-hydrogen) atoms. The van der Waals surface area contributed by atoms with Crippen LogP contribution in [-0.2, 0) is 11.3 Å². The van der Waals surface area contributed by atoms with Crippen molar-refractivity contribution in [2.75, 3.05) is 32.6 Å². The molecule has 0 radical (unpaired) electrons. The highest BCUT2D eigenvalue weighted by Gasteiger charge is 2.21. The van der Waals surface area contributed by atoms with E-state index in [4.69, 9.17) is 9.47 Å². The van der Waals surface area contributed by atoms with Gasteiger partial charge in [-0.15, -0.1) is 11.8 Å².